The molecule has 1 fully saturated rings. The summed E-state index contributed by atoms with van der Waals surface area (Å²) in [4.78, 5) is 28.2. The summed E-state index contributed by atoms with van der Waals surface area (Å²) in [5.74, 6) is 0.255. The maximum absolute atomic E-state index is 12.4. The number of amides is 2. The number of carbonyl (C=O) groups is 2. The SMILES string of the molecule is CNCCC(=O)N(C)C1CCN(C(=O)c2ccccc2)CC1. The summed E-state index contributed by atoms with van der Waals surface area (Å²) in [6.07, 6.45) is 2.22. The first-order valence-electron chi connectivity index (χ1n) is 7.88. The normalized spacial score (nSPS) is 15.6. The van der Waals surface area contributed by atoms with Gasteiger partial charge < -0.3 is 15.1 Å². The molecule has 1 N–H and O–H groups in total. The molecule has 5 heteroatoms. The van der Waals surface area contributed by atoms with E-state index < -0.39 is 0 Å². The molecule has 0 unspecified atom stereocenters. The maximum atomic E-state index is 12.4. The van der Waals surface area contributed by atoms with Gasteiger partial charge in [-0.15, -0.1) is 0 Å². The minimum absolute atomic E-state index is 0.0863. The fraction of sp³-hybridized carbons (Fsp3) is 0.529. The van der Waals surface area contributed by atoms with Crippen molar-refractivity contribution in [2.45, 2.75) is 25.3 Å². The lowest BCUT2D eigenvalue weighted by molar-refractivity contribution is -0.132. The highest BCUT2D eigenvalue weighted by molar-refractivity contribution is 5.94. The summed E-state index contributed by atoms with van der Waals surface area (Å²) in [6, 6.07) is 9.62. The Kier molecular flexibility index (Phi) is 5.95. The molecule has 0 atom stereocenters. The number of nitrogens with one attached hydrogen (secondary N) is 1. The molecule has 0 aromatic heterocycles. The molecule has 1 heterocycles. The topological polar surface area (TPSA) is 52.7 Å². The smallest absolute Gasteiger partial charge is 0.253 e. The predicted molar refractivity (Wildman–Crippen MR) is 86.7 cm³/mol. The molecule has 1 aliphatic rings. The van der Waals surface area contributed by atoms with Crippen molar-refractivity contribution < 1.29 is 9.59 Å². The molecule has 0 bridgehead atoms. The molecule has 2 amide bonds. The standard InChI is InChI=1S/C17H25N3O2/c1-18-11-8-16(21)19(2)15-9-12-20(13-10-15)17(22)14-6-4-3-5-7-14/h3-7,15,18H,8-13H2,1-2H3. The third kappa shape index (κ3) is 4.07. The Balaban J connectivity index is 1.85. The highest BCUT2D eigenvalue weighted by Crippen LogP contribution is 2.18. The molecule has 120 valence electrons. The molecule has 5 nitrogen and oxygen atoms in total. The summed E-state index contributed by atoms with van der Waals surface area (Å²) in [7, 11) is 3.72. The Bertz CT molecular complexity index is 496. The minimum atomic E-state index is 0.0863. The maximum Gasteiger partial charge on any atom is 0.253 e. The van der Waals surface area contributed by atoms with Crippen LogP contribution in [-0.2, 0) is 4.79 Å². The van der Waals surface area contributed by atoms with Crippen LogP contribution in [0, 0.1) is 0 Å². The van der Waals surface area contributed by atoms with E-state index in [-0.39, 0.29) is 17.9 Å². The second kappa shape index (κ2) is 7.94. The van der Waals surface area contributed by atoms with Crippen LogP contribution in [0.5, 0.6) is 0 Å². The predicted octanol–water partition coefficient (Wildman–Crippen LogP) is 1.36. The Morgan fingerprint density at radius 2 is 1.86 bits per heavy atom. The van der Waals surface area contributed by atoms with Gasteiger partial charge in [0.05, 0.1) is 0 Å². The van der Waals surface area contributed by atoms with Crippen LogP contribution in [0.3, 0.4) is 0 Å². The highest BCUT2D eigenvalue weighted by atomic mass is 16.2. The number of rotatable bonds is 5. The summed E-state index contributed by atoms with van der Waals surface area (Å²) in [5.41, 5.74) is 0.736. The van der Waals surface area contributed by atoms with E-state index in [2.05, 4.69) is 5.32 Å². The molecule has 2 rings (SSSR count). The van der Waals surface area contributed by atoms with E-state index >= 15 is 0 Å². The molecular formula is C17H25N3O2. The Morgan fingerprint density at radius 3 is 2.45 bits per heavy atom. The van der Waals surface area contributed by atoms with Gasteiger partial charge in [-0.3, -0.25) is 9.59 Å². The number of piperidine rings is 1. The van der Waals surface area contributed by atoms with Crippen LogP contribution in [0.1, 0.15) is 29.6 Å². The molecular weight excluding hydrogens is 278 g/mol. The van der Waals surface area contributed by atoms with E-state index in [9.17, 15) is 9.59 Å². The van der Waals surface area contributed by atoms with Crippen LogP contribution in [0.15, 0.2) is 30.3 Å². The van der Waals surface area contributed by atoms with Crippen LogP contribution >= 0.6 is 0 Å². The molecule has 0 spiro atoms. The van der Waals surface area contributed by atoms with Crippen LogP contribution in [0.4, 0.5) is 0 Å². The summed E-state index contributed by atoms with van der Waals surface area (Å²) in [5, 5.41) is 3.00. The van der Waals surface area contributed by atoms with E-state index in [1.165, 1.54) is 0 Å². The van der Waals surface area contributed by atoms with Gasteiger partial charge in [-0.2, -0.15) is 0 Å². The first-order valence-corrected chi connectivity index (χ1v) is 7.88. The van der Waals surface area contributed by atoms with Gasteiger partial charge in [-0.05, 0) is 32.0 Å². The average molecular weight is 303 g/mol. The lowest BCUT2D eigenvalue weighted by Gasteiger charge is -2.37. The third-order valence-corrected chi connectivity index (χ3v) is 4.30. The van der Waals surface area contributed by atoms with E-state index in [1.54, 1.807) is 0 Å². The van der Waals surface area contributed by atoms with Gasteiger partial charge in [0.25, 0.3) is 5.91 Å². The van der Waals surface area contributed by atoms with Gasteiger partial charge in [0.15, 0.2) is 0 Å². The highest BCUT2D eigenvalue weighted by Gasteiger charge is 2.27. The van der Waals surface area contributed by atoms with Crippen molar-refractivity contribution in [2.75, 3.05) is 33.7 Å². The number of hydrogen-bond donors (Lipinski definition) is 1. The van der Waals surface area contributed by atoms with Crippen molar-refractivity contribution in [1.29, 1.82) is 0 Å². The van der Waals surface area contributed by atoms with Crippen molar-refractivity contribution in [3.63, 3.8) is 0 Å². The van der Waals surface area contributed by atoms with Crippen molar-refractivity contribution in [1.82, 2.24) is 15.1 Å². The van der Waals surface area contributed by atoms with Crippen molar-refractivity contribution in [3.8, 4) is 0 Å². The number of benzene rings is 1. The molecule has 0 saturated carbocycles. The molecule has 1 saturated heterocycles. The second-order valence-electron chi connectivity index (χ2n) is 5.75. The van der Waals surface area contributed by atoms with Crippen LogP contribution in [0.2, 0.25) is 0 Å². The molecule has 1 aromatic rings. The lowest BCUT2D eigenvalue weighted by atomic mass is 10.0. The first-order chi connectivity index (χ1) is 10.6. The van der Waals surface area contributed by atoms with Gasteiger partial charge >= 0.3 is 0 Å². The fourth-order valence-corrected chi connectivity index (χ4v) is 2.83. The number of likely N-dealkylation sites (tertiary alicyclic amines) is 1. The Labute approximate surface area is 132 Å². The van der Waals surface area contributed by atoms with E-state index in [0.717, 1.165) is 18.4 Å². The number of nitrogens with zero attached hydrogens (tertiary/aromatic N) is 2. The summed E-state index contributed by atoms with van der Waals surface area (Å²) >= 11 is 0. The minimum Gasteiger partial charge on any atom is -0.343 e. The lowest BCUT2D eigenvalue weighted by Crippen LogP contribution is -2.47. The van der Waals surface area contributed by atoms with Gasteiger partial charge in [-0.25, -0.2) is 0 Å². The van der Waals surface area contributed by atoms with Crippen molar-refractivity contribution in [2.24, 2.45) is 0 Å². The zero-order chi connectivity index (χ0) is 15.9. The van der Waals surface area contributed by atoms with Crippen LogP contribution in [0.25, 0.3) is 0 Å². The summed E-state index contributed by atoms with van der Waals surface area (Å²) in [6.45, 7) is 2.12. The molecule has 1 aromatic carbocycles. The Morgan fingerprint density at radius 1 is 1.23 bits per heavy atom. The third-order valence-electron chi connectivity index (χ3n) is 4.30. The van der Waals surface area contributed by atoms with Gasteiger partial charge in [-0.1, -0.05) is 18.2 Å². The molecule has 1 aliphatic heterocycles. The zero-order valence-corrected chi connectivity index (χ0v) is 13.4. The van der Waals surface area contributed by atoms with Crippen LogP contribution < -0.4 is 5.32 Å². The molecule has 0 aliphatic carbocycles. The molecule has 0 radical (unpaired) electrons. The first kappa shape index (κ1) is 16.5. The van der Waals surface area contributed by atoms with Gasteiger partial charge in [0, 0.05) is 44.7 Å². The van der Waals surface area contributed by atoms with Crippen molar-refractivity contribution in [3.05, 3.63) is 35.9 Å². The van der Waals surface area contributed by atoms with Gasteiger partial charge in [0.1, 0.15) is 0 Å². The van der Waals surface area contributed by atoms with Gasteiger partial charge in [0.2, 0.25) is 5.91 Å². The van der Waals surface area contributed by atoms with E-state index in [4.69, 9.17) is 0 Å². The zero-order valence-electron chi connectivity index (χ0n) is 13.4. The van der Waals surface area contributed by atoms with Crippen LogP contribution in [-0.4, -0.2) is 61.4 Å². The quantitative estimate of drug-likeness (QED) is 0.893. The molecule has 22 heavy (non-hydrogen) atoms. The largest absolute Gasteiger partial charge is 0.343 e. The van der Waals surface area contributed by atoms with E-state index in [1.807, 2.05) is 54.2 Å². The monoisotopic (exact) mass is 303 g/mol. The number of hydrogen-bond acceptors (Lipinski definition) is 3. The average Bonchev–Trinajstić information content (AvgIpc) is 2.59. The Hall–Kier alpha value is -1.88. The van der Waals surface area contributed by atoms with E-state index in [0.29, 0.717) is 26.1 Å². The summed E-state index contributed by atoms with van der Waals surface area (Å²) < 4.78 is 0. The fourth-order valence-electron chi connectivity index (χ4n) is 2.83. The second-order valence-corrected chi connectivity index (χ2v) is 5.75. The number of carbonyl (C=O) groups excluding carboxylic acids is 2. The van der Waals surface area contributed by atoms with Crippen molar-refractivity contribution >= 4 is 11.8 Å².